The van der Waals surface area contributed by atoms with Crippen LogP contribution in [0.1, 0.15) is 19.4 Å². The van der Waals surface area contributed by atoms with Gasteiger partial charge in [0.15, 0.2) is 0 Å². The van der Waals surface area contributed by atoms with Crippen LogP contribution in [0.25, 0.3) is 0 Å². The van der Waals surface area contributed by atoms with Gasteiger partial charge in [-0.15, -0.1) is 0 Å². The normalized spacial score (nSPS) is 13.0. The highest BCUT2D eigenvalue weighted by Crippen LogP contribution is 1.96. The van der Waals surface area contributed by atoms with Gasteiger partial charge in [-0.1, -0.05) is 0 Å². The lowest BCUT2D eigenvalue weighted by Crippen LogP contribution is -2.33. The SMILES string of the molecule is CCOCCNC(C)Cn1cc(C)cn1. The zero-order valence-electron chi connectivity index (χ0n) is 9.86. The fourth-order valence-electron chi connectivity index (χ4n) is 1.43. The quantitative estimate of drug-likeness (QED) is 0.689. The smallest absolute Gasteiger partial charge is 0.0590 e. The van der Waals surface area contributed by atoms with Gasteiger partial charge < -0.3 is 10.1 Å². The van der Waals surface area contributed by atoms with Crippen molar-refractivity contribution in [2.24, 2.45) is 0 Å². The molecule has 1 atom stereocenters. The van der Waals surface area contributed by atoms with Gasteiger partial charge in [-0.2, -0.15) is 5.10 Å². The van der Waals surface area contributed by atoms with Gasteiger partial charge in [0.05, 0.1) is 19.3 Å². The van der Waals surface area contributed by atoms with Crippen molar-refractivity contribution >= 4 is 0 Å². The van der Waals surface area contributed by atoms with Gasteiger partial charge in [-0.25, -0.2) is 0 Å². The maximum atomic E-state index is 5.25. The summed E-state index contributed by atoms with van der Waals surface area (Å²) in [6.45, 7) is 9.58. The third-order valence-corrected chi connectivity index (χ3v) is 2.17. The summed E-state index contributed by atoms with van der Waals surface area (Å²) in [7, 11) is 0. The molecule has 0 fully saturated rings. The first kappa shape index (κ1) is 12.2. The van der Waals surface area contributed by atoms with Crippen molar-refractivity contribution in [1.82, 2.24) is 15.1 Å². The van der Waals surface area contributed by atoms with Crippen LogP contribution in [0, 0.1) is 6.92 Å². The van der Waals surface area contributed by atoms with Crippen LogP contribution in [0.3, 0.4) is 0 Å². The highest BCUT2D eigenvalue weighted by molar-refractivity contribution is 4.99. The van der Waals surface area contributed by atoms with Gasteiger partial charge in [0, 0.05) is 25.4 Å². The molecule has 1 rings (SSSR count). The molecule has 1 aromatic rings. The van der Waals surface area contributed by atoms with Crippen LogP contribution in [0.5, 0.6) is 0 Å². The van der Waals surface area contributed by atoms with E-state index in [-0.39, 0.29) is 0 Å². The van der Waals surface area contributed by atoms with Crippen LogP contribution in [-0.4, -0.2) is 35.6 Å². The summed E-state index contributed by atoms with van der Waals surface area (Å²) in [4.78, 5) is 0. The van der Waals surface area contributed by atoms with Crippen molar-refractivity contribution < 1.29 is 4.74 Å². The summed E-state index contributed by atoms with van der Waals surface area (Å²) < 4.78 is 7.22. The molecular formula is C11H21N3O. The number of nitrogens with zero attached hydrogens (tertiary/aromatic N) is 2. The highest BCUT2D eigenvalue weighted by atomic mass is 16.5. The first-order valence-corrected chi connectivity index (χ1v) is 5.52. The van der Waals surface area contributed by atoms with E-state index >= 15 is 0 Å². The Morgan fingerprint density at radius 1 is 1.60 bits per heavy atom. The molecule has 15 heavy (non-hydrogen) atoms. The molecule has 0 bridgehead atoms. The fourth-order valence-corrected chi connectivity index (χ4v) is 1.43. The molecule has 0 saturated heterocycles. The number of aryl methyl sites for hydroxylation is 1. The van der Waals surface area contributed by atoms with Gasteiger partial charge in [0.25, 0.3) is 0 Å². The molecule has 1 heterocycles. The molecule has 0 saturated carbocycles. The topological polar surface area (TPSA) is 39.1 Å². The third-order valence-electron chi connectivity index (χ3n) is 2.17. The second-order valence-corrected chi connectivity index (χ2v) is 3.79. The minimum Gasteiger partial charge on any atom is -0.380 e. The number of nitrogens with one attached hydrogen (secondary N) is 1. The van der Waals surface area contributed by atoms with Crippen molar-refractivity contribution in [2.45, 2.75) is 33.4 Å². The van der Waals surface area contributed by atoms with E-state index < -0.39 is 0 Å². The van der Waals surface area contributed by atoms with E-state index in [4.69, 9.17) is 4.74 Å². The summed E-state index contributed by atoms with van der Waals surface area (Å²) >= 11 is 0. The van der Waals surface area contributed by atoms with Gasteiger partial charge in [0.1, 0.15) is 0 Å². The lowest BCUT2D eigenvalue weighted by atomic mass is 10.3. The van der Waals surface area contributed by atoms with Crippen molar-refractivity contribution in [3.63, 3.8) is 0 Å². The lowest BCUT2D eigenvalue weighted by Gasteiger charge is -2.13. The monoisotopic (exact) mass is 211 g/mol. The average Bonchev–Trinajstić information content (AvgIpc) is 2.59. The second-order valence-electron chi connectivity index (χ2n) is 3.79. The minimum absolute atomic E-state index is 0.421. The van der Waals surface area contributed by atoms with Crippen LogP contribution in [-0.2, 0) is 11.3 Å². The molecule has 4 nitrogen and oxygen atoms in total. The summed E-state index contributed by atoms with van der Waals surface area (Å²) in [6, 6.07) is 0.421. The molecule has 4 heteroatoms. The van der Waals surface area contributed by atoms with Crippen LogP contribution in [0.4, 0.5) is 0 Å². The Bertz CT molecular complexity index is 273. The van der Waals surface area contributed by atoms with Crippen molar-refractivity contribution in [2.75, 3.05) is 19.8 Å². The van der Waals surface area contributed by atoms with Crippen molar-refractivity contribution in [3.05, 3.63) is 18.0 Å². The number of hydrogen-bond acceptors (Lipinski definition) is 3. The zero-order valence-corrected chi connectivity index (χ0v) is 9.86. The molecule has 0 aromatic carbocycles. The summed E-state index contributed by atoms with van der Waals surface area (Å²) in [5.74, 6) is 0. The van der Waals surface area contributed by atoms with Crippen LogP contribution in [0.2, 0.25) is 0 Å². The third kappa shape index (κ3) is 4.95. The Labute approximate surface area is 91.6 Å². The molecule has 0 spiro atoms. The lowest BCUT2D eigenvalue weighted by molar-refractivity contribution is 0.146. The molecule has 0 amide bonds. The maximum absolute atomic E-state index is 5.25. The molecule has 0 aliphatic carbocycles. The number of rotatable bonds is 7. The van der Waals surface area contributed by atoms with E-state index in [1.165, 1.54) is 5.56 Å². The Morgan fingerprint density at radius 2 is 2.40 bits per heavy atom. The summed E-state index contributed by atoms with van der Waals surface area (Å²) in [5, 5.41) is 7.63. The highest BCUT2D eigenvalue weighted by Gasteiger charge is 2.02. The number of aromatic nitrogens is 2. The molecule has 1 aromatic heterocycles. The predicted octanol–water partition coefficient (Wildman–Crippen LogP) is 1.21. The first-order chi connectivity index (χ1) is 7.22. The van der Waals surface area contributed by atoms with E-state index in [0.29, 0.717) is 6.04 Å². The van der Waals surface area contributed by atoms with E-state index in [9.17, 15) is 0 Å². The van der Waals surface area contributed by atoms with Gasteiger partial charge in [-0.05, 0) is 26.3 Å². The number of ether oxygens (including phenoxy) is 1. The standard InChI is InChI=1S/C11H21N3O/c1-4-15-6-5-12-11(3)9-14-8-10(2)7-13-14/h7-8,11-12H,4-6,9H2,1-3H3. The molecule has 0 aliphatic rings. The van der Waals surface area contributed by atoms with Crippen molar-refractivity contribution in [1.29, 1.82) is 0 Å². The molecular weight excluding hydrogens is 190 g/mol. The molecule has 1 unspecified atom stereocenters. The van der Waals surface area contributed by atoms with Crippen LogP contribution < -0.4 is 5.32 Å². The molecule has 1 N–H and O–H groups in total. The Balaban J connectivity index is 2.15. The minimum atomic E-state index is 0.421. The van der Waals surface area contributed by atoms with Crippen molar-refractivity contribution in [3.8, 4) is 0 Å². The van der Waals surface area contributed by atoms with Gasteiger partial charge >= 0.3 is 0 Å². The van der Waals surface area contributed by atoms with Crippen LogP contribution in [0.15, 0.2) is 12.4 Å². The van der Waals surface area contributed by atoms with Crippen LogP contribution >= 0.6 is 0 Å². The Hall–Kier alpha value is -0.870. The maximum Gasteiger partial charge on any atom is 0.0590 e. The number of hydrogen-bond donors (Lipinski definition) is 1. The molecule has 0 radical (unpaired) electrons. The summed E-state index contributed by atoms with van der Waals surface area (Å²) in [5.41, 5.74) is 1.21. The van der Waals surface area contributed by atoms with E-state index in [0.717, 1.165) is 26.3 Å². The van der Waals surface area contributed by atoms with E-state index in [2.05, 4.69) is 30.5 Å². The predicted molar refractivity (Wildman–Crippen MR) is 60.9 cm³/mol. The van der Waals surface area contributed by atoms with E-state index in [1.54, 1.807) is 0 Å². The van der Waals surface area contributed by atoms with E-state index in [1.807, 2.05) is 17.8 Å². The second kappa shape index (κ2) is 6.58. The Kier molecular flexibility index (Phi) is 5.36. The average molecular weight is 211 g/mol. The zero-order chi connectivity index (χ0) is 11.1. The fraction of sp³-hybridized carbons (Fsp3) is 0.727. The molecule has 0 aliphatic heterocycles. The summed E-state index contributed by atoms with van der Waals surface area (Å²) in [6.07, 6.45) is 3.94. The Morgan fingerprint density at radius 3 is 3.00 bits per heavy atom. The largest absolute Gasteiger partial charge is 0.380 e. The van der Waals surface area contributed by atoms with Gasteiger partial charge in [0.2, 0.25) is 0 Å². The van der Waals surface area contributed by atoms with Gasteiger partial charge in [-0.3, -0.25) is 4.68 Å². The molecule has 86 valence electrons. The first-order valence-electron chi connectivity index (χ1n) is 5.52.